The Bertz CT molecular complexity index is 1080. The Morgan fingerprint density at radius 2 is 1.94 bits per heavy atom. The van der Waals surface area contributed by atoms with Gasteiger partial charge in [0.05, 0.1) is 11.7 Å². The highest BCUT2D eigenvalue weighted by Gasteiger charge is 2.38. The lowest BCUT2D eigenvalue weighted by Crippen LogP contribution is -2.45. The number of rotatable bonds is 8. The van der Waals surface area contributed by atoms with Gasteiger partial charge in [-0.3, -0.25) is 9.69 Å². The van der Waals surface area contributed by atoms with Crippen molar-refractivity contribution in [1.29, 1.82) is 0 Å². The van der Waals surface area contributed by atoms with Crippen LogP contribution in [0, 0.1) is 10.8 Å². The summed E-state index contributed by atoms with van der Waals surface area (Å²) in [5.41, 5.74) is 6.98. The van der Waals surface area contributed by atoms with Gasteiger partial charge in [0.1, 0.15) is 28.9 Å². The maximum absolute atomic E-state index is 15.4. The van der Waals surface area contributed by atoms with Crippen LogP contribution in [0.5, 0.6) is 0 Å². The Kier molecular flexibility index (Phi) is 7.41. The lowest BCUT2D eigenvalue weighted by Gasteiger charge is -2.30. The van der Waals surface area contributed by atoms with Crippen molar-refractivity contribution in [2.24, 2.45) is 16.8 Å². The molecule has 1 aromatic carbocycles. The molecule has 0 fully saturated rings. The third-order valence-corrected chi connectivity index (χ3v) is 6.39. The fourth-order valence-electron chi connectivity index (χ4n) is 3.91. The molecular weight excluding hydrogens is 435 g/mol. The minimum atomic E-state index is -1.21. The number of nitrogens with one attached hydrogen (secondary N) is 1. The first kappa shape index (κ1) is 25.4. The number of likely N-dealkylation sites (N-methyl/N-ethyl adjacent to an activating group) is 1. The molecule has 0 radical (unpaired) electrons. The number of hydrogen-bond acceptors (Lipinski definition) is 7. The van der Waals surface area contributed by atoms with Crippen LogP contribution in [0.15, 0.2) is 70.7 Å². The molecule has 8 heteroatoms. The van der Waals surface area contributed by atoms with E-state index in [2.05, 4.69) is 10.5 Å². The third-order valence-electron chi connectivity index (χ3n) is 6.39. The van der Waals surface area contributed by atoms with Crippen LogP contribution in [-0.2, 0) is 4.74 Å². The molecule has 2 heterocycles. The quantitative estimate of drug-likeness (QED) is 0.426. The summed E-state index contributed by atoms with van der Waals surface area (Å²) in [6, 6.07) is 6.00. The summed E-state index contributed by atoms with van der Waals surface area (Å²) >= 11 is 0. The number of nitroso groups, excluding NO2 is 1. The lowest BCUT2D eigenvalue weighted by atomic mass is 9.90. The Balaban J connectivity index is 1.96. The van der Waals surface area contributed by atoms with Crippen LogP contribution < -0.4 is 11.1 Å². The van der Waals surface area contributed by atoms with Crippen molar-refractivity contribution >= 4 is 11.5 Å². The molecule has 34 heavy (non-hydrogen) atoms. The number of ether oxygens (including phenoxy) is 1. The smallest absolute Gasteiger partial charge is 0.165 e. The third kappa shape index (κ3) is 4.82. The fraction of sp³-hybridized carbons (Fsp3) is 0.423. The number of carbonyl (C=O) groups is 1. The molecule has 182 valence electrons. The van der Waals surface area contributed by atoms with E-state index in [0.29, 0.717) is 17.1 Å². The van der Waals surface area contributed by atoms with Crippen LogP contribution in [0.4, 0.5) is 4.39 Å². The van der Waals surface area contributed by atoms with Crippen molar-refractivity contribution in [3.63, 3.8) is 0 Å². The number of hydrogen-bond donors (Lipinski definition) is 2. The molecule has 0 aromatic heterocycles. The highest BCUT2D eigenvalue weighted by atomic mass is 19.1. The van der Waals surface area contributed by atoms with Crippen LogP contribution in [0.1, 0.15) is 50.0 Å². The second kappa shape index (κ2) is 9.93. The highest BCUT2D eigenvalue weighted by Crippen LogP contribution is 2.36. The average Bonchev–Trinajstić information content (AvgIpc) is 3.28. The van der Waals surface area contributed by atoms with Gasteiger partial charge in [0.15, 0.2) is 5.78 Å². The van der Waals surface area contributed by atoms with E-state index in [1.165, 1.54) is 6.08 Å². The fourth-order valence-corrected chi connectivity index (χ4v) is 3.91. The zero-order chi connectivity index (χ0) is 25.2. The van der Waals surface area contributed by atoms with Crippen molar-refractivity contribution < 1.29 is 13.9 Å². The number of carbonyl (C=O) groups excluding carboxylic acids is 1. The summed E-state index contributed by atoms with van der Waals surface area (Å²) in [5.74, 6) is 0.467. The number of benzene rings is 1. The molecule has 2 aliphatic heterocycles. The van der Waals surface area contributed by atoms with Crippen LogP contribution >= 0.6 is 0 Å². The van der Waals surface area contributed by atoms with Gasteiger partial charge in [0.2, 0.25) is 0 Å². The normalized spacial score (nSPS) is 22.8. The van der Waals surface area contributed by atoms with Crippen LogP contribution in [0.3, 0.4) is 0 Å². The summed E-state index contributed by atoms with van der Waals surface area (Å²) < 4.78 is 21.5. The number of halogens is 1. The van der Waals surface area contributed by atoms with E-state index in [-0.39, 0.29) is 29.0 Å². The van der Waals surface area contributed by atoms with Crippen LogP contribution in [0.2, 0.25) is 0 Å². The molecule has 0 bridgehead atoms. The summed E-state index contributed by atoms with van der Waals surface area (Å²) in [6.45, 7) is 7.02. The topological polar surface area (TPSA) is 97.0 Å². The van der Waals surface area contributed by atoms with Gasteiger partial charge in [-0.25, -0.2) is 4.39 Å². The predicted octanol–water partition coefficient (Wildman–Crippen LogP) is 4.64. The molecular formula is C26H33FN4O3. The first-order valence-corrected chi connectivity index (χ1v) is 11.4. The number of nitrogens with zero attached hydrogens (tertiary/aromatic N) is 2. The highest BCUT2D eigenvalue weighted by molar-refractivity contribution is 5.97. The molecule has 0 saturated heterocycles. The predicted molar refractivity (Wildman–Crippen MR) is 132 cm³/mol. The Morgan fingerprint density at radius 3 is 2.50 bits per heavy atom. The zero-order valence-electron chi connectivity index (χ0n) is 20.6. The molecule has 1 aromatic rings. The van der Waals surface area contributed by atoms with Crippen LogP contribution in [0.25, 0.3) is 5.76 Å². The molecule has 0 saturated carbocycles. The zero-order valence-corrected chi connectivity index (χ0v) is 20.6. The van der Waals surface area contributed by atoms with Crippen molar-refractivity contribution in [2.45, 2.75) is 51.7 Å². The van der Waals surface area contributed by atoms with Crippen molar-refractivity contribution in [3.8, 4) is 0 Å². The average molecular weight is 469 g/mol. The second-order valence-electron chi connectivity index (χ2n) is 9.51. The van der Waals surface area contributed by atoms with Gasteiger partial charge in [-0.1, -0.05) is 43.3 Å². The summed E-state index contributed by atoms with van der Waals surface area (Å²) in [6.07, 6.45) is 5.78. The van der Waals surface area contributed by atoms with Gasteiger partial charge in [0, 0.05) is 22.6 Å². The van der Waals surface area contributed by atoms with E-state index < -0.39 is 17.4 Å². The molecule has 2 aliphatic rings. The van der Waals surface area contributed by atoms with Gasteiger partial charge >= 0.3 is 0 Å². The molecule has 0 spiro atoms. The largest absolute Gasteiger partial charge is 0.457 e. The maximum atomic E-state index is 15.4. The van der Waals surface area contributed by atoms with E-state index in [9.17, 15) is 9.70 Å². The minimum absolute atomic E-state index is 0.0373. The second-order valence-corrected chi connectivity index (χ2v) is 9.51. The number of ketones is 1. The first-order valence-electron chi connectivity index (χ1n) is 11.4. The SMILES string of the molecule is CCC(C)C(=O)c1ccc(C2=CC(N(C)C)/C(=C(\N)C3=C(F)C(C(C)(C)N=O)NC=C3)O2)cc1. The maximum Gasteiger partial charge on any atom is 0.165 e. The van der Waals surface area contributed by atoms with E-state index in [0.717, 1.165) is 12.0 Å². The van der Waals surface area contributed by atoms with Crippen LogP contribution in [-0.4, -0.2) is 42.4 Å². The van der Waals surface area contributed by atoms with Crippen molar-refractivity contribution in [3.05, 3.63) is 81.5 Å². The van der Waals surface area contributed by atoms with Crippen molar-refractivity contribution in [2.75, 3.05) is 14.1 Å². The molecule has 3 N–H and O–H groups in total. The van der Waals surface area contributed by atoms with E-state index >= 15 is 4.39 Å². The molecule has 0 amide bonds. The summed E-state index contributed by atoms with van der Waals surface area (Å²) in [4.78, 5) is 25.6. The Labute approximate surface area is 200 Å². The van der Waals surface area contributed by atoms with E-state index in [1.807, 2.05) is 51.1 Å². The summed E-state index contributed by atoms with van der Waals surface area (Å²) in [5, 5.41) is 5.92. The number of allylic oxidation sites excluding steroid dienone is 1. The monoisotopic (exact) mass is 468 g/mol. The molecule has 3 atom stereocenters. The number of Topliss-reactive ketones (excluding diaryl/α,β-unsaturated/α-hetero) is 1. The van der Waals surface area contributed by atoms with Gasteiger partial charge in [-0.2, -0.15) is 4.91 Å². The van der Waals surface area contributed by atoms with Crippen molar-refractivity contribution in [1.82, 2.24) is 10.2 Å². The molecule has 3 unspecified atom stereocenters. The molecule has 3 rings (SSSR count). The minimum Gasteiger partial charge on any atom is -0.457 e. The standard InChI is InChI=1S/C26H33FN4O3/c1-7-15(2)23(32)17-10-8-16(9-11-17)20-14-19(31(5)6)24(34-20)22(28)18-12-13-29-25(21(18)27)26(3,4)30-33/h8-15,19,25,29H,7,28H2,1-6H3/b24-22+. The van der Waals surface area contributed by atoms with E-state index in [1.54, 1.807) is 32.2 Å². The van der Waals surface area contributed by atoms with Gasteiger partial charge < -0.3 is 15.8 Å². The molecule has 7 nitrogen and oxygen atoms in total. The van der Waals surface area contributed by atoms with Gasteiger partial charge in [-0.05, 0) is 52.7 Å². The number of nitrogens with two attached hydrogens (primary N) is 1. The van der Waals surface area contributed by atoms with Gasteiger partial charge in [0.25, 0.3) is 0 Å². The first-order chi connectivity index (χ1) is 16.0. The Hall–Kier alpha value is -3.26. The lowest BCUT2D eigenvalue weighted by molar-refractivity contribution is 0.0927. The van der Waals surface area contributed by atoms with E-state index in [4.69, 9.17) is 10.5 Å². The van der Waals surface area contributed by atoms with Gasteiger partial charge in [-0.15, -0.1) is 0 Å². The number of dihydropyridines is 1. The Morgan fingerprint density at radius 1 is 1.29 bits per heavy atom. The summed E-state index contributed by atoms with van der Waals surface area (Å²) in [7, 11) is 3.75. The molecule has 0 aliphatic carbocycles.